The Kier molecular flexibility index (Phi) is 7.33. The number of hydrogen-bond acceptors (Lipinski definition) is 6. The zero-order valence-electron chi connectivity index (χ0n) is 19.5. The fraction of sp³-hybridized carbons (Fsp3) is 0.292. The van der Waals surface area contributed by atoms with Gasteiger partial charge in [-0.3, -0.25) is 19.4 Å². The number of rotatable bonds is 6. The van der Waals surface area contributed by atoms with Crippen LogP contribution in [0, 0.1) is 27.7 Å². The van der Waals surface area contributed by atoms with Crippen LogP contribution in [0.15, 0.2) is 40.3 Å². The summed E-state index contributed by atoms with van der Waals surface area (Å²) in [7, 11) is 0. The number of nitrogens with zero attached hydrogens (tertiary/aromatic N) is 2. The Morgan fingerprint density at radius 2 is 1.70 bits per heavy atom. The van der Waals surface area contributed by atoms with E-state index < -0.39 is 10.8 Å². The van der Waals surface area contributed by atoms with Gasteiger partial charge in [-0.05, 0) is 63.4 Å². The number of benzene rings is 2. The van der Waals surface area contributed by atoms with Crippen molar-refractivity contribution >= 4 is 35.0 Å². The molecule has 172 valence electrons. The van der Waals surface area contributed by atoms with Crippen molar-refractivity contribution in [3.8, 4) is 11.3 Å². The van der Waals surface area contributed by atoms with Gasteiger partial charge < -0.3 is 10.6 Å². The lowest BCUT2D eigenvalue weighted by molar-refractivity contribution is -0.115. The van der Waals surface area contributed by atoms with E-state index in [9.17, 15) is 14.4 Å². The van der Waals surface area contributed by atoms with E-state index >= 15 is 0 Å². The molecule has 0 saturated carbocycles. The van der Waals surface area contributed by atoms with Crippen LogP contribution in [0.2, 0.25) is 0 Å². The highest BCUT2D eigenvalue weighted by molar-refractivity contribution is 8.00. The van der Waals surface area contributed by atoms with Crippen LogP contribution in [0.3, 0.4) is 0 Å². The zero-order chi connectivity index (χ0) is 24.3. The van der Waals surface area contributed by atoms with Crippen molar-refractivity contribution in [2.24, 2.45) is 0 Å². The highest BCUT2D eigenvalue weighted by Gasteiger charge is 2.20. The topological polar surface area (TPSA) is 117 Å². The Balaban J connectivity index is 1.83. The normalized spacial score (nSPS) is 11.7. The minimum absolute atomic E-state index is 0.0994. The van der Waals surface area contributed by atoms with Crippen LogP contribution in [-0.4, -0.2) is 32.2 Å². The third-order valence-electron chi connectivity index (χ3n) is 5.02. The SMILES string of the molecule is CC(=O)Nc1c(C)cc(C)cc1-c1nnc(S[C@H](C)C(=O)Nc2cc(C)ccc2C)[nH]c1=O. The van der Waals surface area contributed by atoms with Crippen LogP contribution in [0.4, 0.5) is 11.4 Å². The first-order valence-electron chi connectivity index (χ1n) is 10.5. The van der Waals surface area contributed by atoms with Crippen molar-refractivity contribution in [3.63, 3.8) is 0 Å². The predicted octanol–water partition coefficient (Wildman–Crippen LogP) is 4.14. The third kappa shape index (κ3) is 5.87. The summed E-state index contributed by atoms with van der Waals surface area (Å²) < 4.78 is 0. The lowest BCUT2D eigenvalue weighted by Gasteiger charge is -2.14. The van der Waals surface area contributed by atoms with Crippen molar-refractivity contribution < 1.29 is 9.59 Å². The highest BCUT2D eigenvalue weighted by atomic mass is 32.2. The van der Waals surface area contributed by atoms with Gasteiger partial charge in [0.15, 0.2) is 10.9 Å². The Labute approximate surface area is 196 Å². The average molecular weight is 466 g/mol. The van der Waals surface area contributed by atoms with Crippen molar-refractivity contribution in [1.82, 2.24) is 15.2 Å². The summed E-state index contributed by atoms with van der Waals surface area (Å²) in [5.41, 5.74) is 5.17. The number of aromatic amines is 1. The quantitative estimate of drug-likeness (QED) is 0.471. The lowest BCUT2D eigenvalue weighted by atomic mass is 10.0. The van der Waals surface area contributed by atoms with Gasteiger partial charge in [-0.2, -0.15) is 0 Å². The molecule has 9 heteroatoms. The van der Waals surface area contributed by atoms with Crippen LogP contribution in [0.5, 0.6) is 0 Å². The van der Waals surface area contributed by atoms with Crippen LogP contribution >= 0.6 is 11.8 Å². The predicted molar refractivity (Wildman–Crippen MR) is 132 cm³/mol. The molecular formula is C24H27N5O3S. The van der Waals surface area contributed by atoms with Crippen molar-refractivity contribution in [3.05, 3.63) is 62.9 Å². The second kappa shape index (κ2) is 9.99. The van der Waals surface area contributed by atoms with E-state index in [1.54, 1.807) is 13.0 Å². The number of amides is 2. The van der Waals surface area contributed by atoms with Gasteiger partial charge in [-0.1, -0.05) is 35.5 Å². The molecule has 3 rings (SSSR count). The number of thioether (sulfide) groups is 1. The molecular weight excluding hydrogens is 438 g/mol. The van der Waals surface area contributed by atoms with E-state index in [1.165, 1.54) is 6.92 Å². The maximum Gasteiger partial charge on any atom is 0.278 e. The van der Waals surface area contributed by atoms with Gasteiger partial charge in [0.2, 0.25) is 11.8 Å². The van der Waals surface area contributed by atoms with E-state index in [-0.39, 0.29) is 22.7 Å². The summed E-state index contributed by atoms with van der Waals surface area (Å²) >= 11 is 1.11. The lowest BCUT2D eigenvalue weighted by Crippen LogP contribution is -2.24. The van der Waals surface area contributed by atoms with E-state index in [2.05, 4.69) is 25.8 Å². The summed E-state index contributed by atoms with van der Waals surface area (Å²) in [5, 5.41) is 13.7. The number of hydrogen-bond donors (Lipinski definition) is 3. The van der Waals surface area contributed by atoms with Gasteiger partial charge in [-0.25, -0.2) is 0 Å². The second-order valence-electron chi connectivity index (χ2n) is 8.06. The summed E-state index contributed by atoms with van der Waals surface area (Å²) in [6, 6.07) is 9.55. The van der Waals surface area contributed by atoms with Gasteiger partial charge >= 0.3 is 0 Å². The first-order valence-corrected chi connectivity index (χ1v) is 11.3. The number of aromatic nitrogens is 3. The van der Waals surface area contributed by atoms with Gasteiger partial charge in [0.05, 0.1) is 10.9 Å². The maximum atomic E-state index is 12.8. The highest BCUT2D eigenvalue weighted by Crippen LogP contribution is 2.30. The molecule has 1 heterocycles. The van der Waals surface area contributed by atoms with Crippen LogP contribution < -0.4 is 16.2 Å². The van der Waals surface area contributed by atoms with E-state index in [4.69, 9.17) is 0 Å². The largest absolute Gasteiger partial charge is 0.325 e. The van der Waals surface area contributed by atoms with Gasteiger partial charge in [-0.15, -0.1) is 10.2 Å². The Morgan fingerprint density at radius 1 is 0.970 bits per heavy atom. The molecule has 3 N–H and O–H groups in total. The van der Waals surface area contributed by atoms with Crippen molar-refractivity contribution in [1.29, 1.82) is 0 Å². The molecule has 3 aromatic rings. The molecule has 0 unspecified atom stereocenters. The molecule has 0 aliphatic rings. The molecule has 0 radical (unpaired) electrons. The van der Waals surface area contributed by atoms with Crippen LogP contribution in [-0.2, 0) is 9.59 Å². The molecule has 0 aliphatic carbocycles. The molecule has 0 fully saturated rings. The summed E-state index contributed by atoms with van der Waals surface area (Å²) in [6.07, 6.45) is 0. The summed E-state index contributed by atoms with van der Waals surface area (Å²) in [4.78, 5) is 39.9. The monoisotopic (exact) mass is 465 g/mol. The third-order valence-corrected chi connectivity index (χ3v) is 6.00. The number of anilines is 2. The molecule has 0 saturated heterocycles. The molecule has 33 heavy (non-hydrogen) atoms. The molecule has 1 aromatic heterocycles. The van der Waals surface area contributed by atoms with E-state index in [0.717, 1.165) is 39.7 Å². The Hall–Kier alpha value is -3.46. The molecule has 2 aromatic carbocycles. The fourth-order valence-electron chi connectivity index (χ4n) is 3.37. The Morgan fingerprint density at radius 3 is 2.36 bits per heavy atom. The standard InChI is InChI=1S/C24H27N5O3S/c1-12-7-8-14(3)19(11-12)26-22(31)16(5)33-24-27-23(32)21(28-29-24)18-10-13(2)9-15(4)20(18)25-17(6)30/h7-11,16H,1-6H3,(H,25,30)(H,26,31)(H,27,29,32)/t16-/m1/s1. The molecule has 8 nitrogen and oxygen atoms in total. The van der Waals surface area contributed by atoms with Crippen LogP contribution in [0.1, 0.15) is 36.1 Å². The number of nitrogens with one attached hydrogen (secondary N) is 3. The molecule has 0 spiro atoms. The number of H-pyrrole nitrogens is 1. The molecule has 0 aliphatic heterocycles. The number of carbonyl (C=O) groups excluding carboxylic acids is 2. The van der Waals surface area contributed by atoms with Gasteiger partial charge in [0.1, 0.15) is 0 Å². The molecule has 1 atom stereocenters. The maximum absolute atomic E-state index is 12.8. The minimum atomic E-state index is -0.517. The van der Waals surface area contributed by atoms with Gasteiger partial charge in [0, 0.05) is 18.2 Å². The van der Waals surface area contributed by atoms with Crippen molar-refractivity contribution in [2.75, 3.05) is 10.6 Å². The summed E-state index contributed by atoms with van der Waals surface area (Å²) in [5.74, 6) is -0.453. The fourth-order valence-corrected chi connectivity index (χ4v) is 4.11. The second-order valence-corrected chi connectivity index (χ2v) is 9.39. The minimum Gasteiger partial charge on any atom is -0.325 e. The summed E-state index contributed by atoms with van der Waals surface area (Å²) in [6.45, 7) is 10.8. The molecule has 0 bridgehead atoms. The smallest absolute Gasteiger partial charge is 0.278 e. The first-order chi connectivity index (χ1) is 15.5. The van der Waals surface area contributed by atoms with Gasteiger partial charge in [0.25, 0.3) is 5.56 Å². The number of aryl methyl sites for hydroxylation is 4. The zero-order valence-corrected chi connectivity index (χ0v) is 20.3. The number of carbonyl (C=O) groups is 2. The molecule has 2 amide bonds. The van der Waals surface area contributed by atoms with E-state index in [0.29, 0.717) is 11.3 Å². The first kappa shape index (κ1) is 24.2. The van der Waals surface area contributed by atoms with E-state index in [1.807, 2.05) is 52.0 Å². The Bertz CT molecular complexity index is 1290. The average Bonchev–Trinajstić information content (AvgIpc) is 2.72. The van der Waals surface area contributed by atoms with Crippen molar-refractivity contribution in [2.45, 2.75) is 51.9 Å². The van der Waals surface area contributed by atoms with Crippen LogP contribution in [0.25, 0.3) is 11.3 Å².